The molecule has 0 saturated carbocycles. The highest BCUT2D eigenvalue weighted by Gasteiger charge is 2.33. The van der Waals surface area contributed by atoms with E-state index in [0.29, 0.717) is 16.9 Å². The number of nitrogens with one attached hydrogen (secondary N) is 2. The zero-order valence-electron chi connectivity index (χ0n) is 19.5. The molecule has 0 unspecified atom stereocenters. The van der Waals surface area contributed by atoms with E-state index in [1.165, 1.54) is 6.07 Å². The fourth-order valence-electron chi connectivity index (χ4n) is 3.75. The molecular weight excluding hydrogens is 473 g/mol. The number of anilines is 4. The second kappa shape index (κ2) is 10.6. The van der Waals surface area contributed by atoms with Gasteiger partial charge in [-0.05, 0) is 43.5 Å². The number of aromatic nitrogens is 2. The van der Waals surface area contributed by atoms with E-state index in [2.05, 4.69) is 48.8 Å². The zero-order valence-corrected chi connectivity index (χ0v) is 19.5. The van der Waals surface area contributed by atoms with Crippen LogP contribution in [0.5, 0.6) is 5.75 Å². The van der Waals surface area contributed by atoms with Crippen molar-refractivity contribution < 1.29 is 22.7 Å². The molecule has 1 fully saturated rings. The summed E-state index contributed by atoms with van der Waals surface area (Å²) in [5.41, 5.74) is 2.29. The molecule has 0 radical (unpaired) electrons. The second-order valence-corrected chi connectivity index (χ2v) is 8.19. The Bertz CT molecular complexity index is 1240. The summed E-state index contributed by atoms with van der Waals surface area (Å²) in [6, 6.07) is 13.9. The Kier molecular flexibility index (Phi) is 7.39. The molecule has 1 amide bonds. The Hall–Kier alpha value is -4.12. The second-order valence-electron chi connectivity index (χ2n) is 8.19. The van der Waals surface area contributed by atoms with Crippen LogP contribution in [0.25, 0.3) is 11.3 Å². The van der Waals surface area contributed by atoms with Crippen LogP contribution in [0.1, 0.15) is 0 Å². The Morgan fingerprint density at radius 1 is 1.08 bits per heavy atom. The number of halogens is 3. The van der Waals surface area contributed by atoms with Crippen LogP contribution in [0.2, 0.25) is 0 Å². The number of nitrogens with zero attached hydrogens (tertiary/aromatic N) is 4. The van der Waals surface area contributed by atoms with Crippen LogP contribution in [0.4, 0.5) is 36.2 Å². The Morgan fingerprint density at radius 3 is 2.53 bits per heavy atom. The van der Waals surface area contributed by atoms with E-state index in [9.17, 15) is 18.0 Å². The molecule has 0 aliphatic carbocycles. The largest absolute Gasteiger partial charge is 0.573 e. The molecule has 1 aromatic heterocycles. The van der Waals surface area contributed by atoms with Crippen LogP contribution >= 0.6 is 0 Å². The highest BCUT2D eigenvalue weighted by atomic mass is 19.4. The van der Waals surface area contributed by atoms with E-state index in [-0.39, 0.29) is 11.6 Å². The lowest BCUT2D eigenvalue weighted by Gasteiger charge is -2.34. The summed E-state index contributed by atoms with van der Waals surface area (Å²) in [5, 5.41) is 5.65. The molecule has 11 heteroatoms. The first-order valence-corrected chi connectivity index (χ1v) is 11.2. The van der Waals surface area contributed by atoms with Crippen molar-refractivity contribution in [2.24, 2.45) is 0 Å². The lowest BCUT2D eigenvalue weighted by Crippen LogP contribution is -2.44. The molecule has 2 N–H and O–H groups in total. The topological polar surface area (TPSA) is 82.6 Å². The van der Waals surface area contributed by atoms with Gasteiger partial charge >= 0.3 is 6.36 Å². The van der Waals surface area contributed by atoms with Gasteiger partial charge in [-0.2, -0.15) is 0 Å². The number of ether oxygens (including phenoxy) is 1. The number of carbonyl (C=O) groups is 1. The van der Waals surface area contributed by atoms with Gasteiger partial charge in [0.1, 0.15) is 5.69 Å². The minimum Gasteiger partial charge on any atom is -0.402 e. The minimum atomic E-state index is -4.93. The lowest BCUT2D eigenvalue weighted by atomic mass is 10.1. The van der Waals surface area contributed by atoms with Crippen LogP contribution < -0.4 is 20.3 Å². The SMILES string of the molecule is C=CC(=O)Nc1cccc(-c2nc(Nc3cccc(N4CCN(C)CC4)c3)ncc2OC(F)(F)F)c1. The van der Waals surface area contributed by atoms with Crippen molar-refractivity contribution in [2.45, 2.75) is 6.36 Å². The van der Waals surface area contributed by atoms with E-state index in [4.69, 9.17) is 0 Å². The summed E-state index contributed by atoms with van der Waals surface area (Å²) in [4.78, 5) is 24.5. The van der Waals surface area contributed by atoms with E-state index in [1.807, 2.05) is 24.3 Å². The zero-order chi connectivity index (χ0) is 25.7. The third-order valence-electron chi connectivity index (χ3n) is 5.54. The van der Waals surface area contributed by atoms with E-state index in [0.717, 1.165) is 44.1 Å². The molecule has 1 saturated heterocycles. The summed E-state index contributed by atoms with van der Waals surface area (Å²) in [6.45, 7) is 7.09. The van der Waals surface area contributed by atoms with Crippen LogP contribution in [0.15, 0.2) is 67.4 Å². The summed E-state index contributed by atoms with van der Waals surface area (Å²) in [6.07, 6.45) is -2.87. The predicted molar refractivity (Wildman–Crippen MR) is 132 cm³/mol. The maximum absolute atomic E-state index is 13.1. The van der Waals surface area contributed by atoms with E-state index >= 15 is 0 Å². The number of hydrogen-bond acceptors (Lipinski definition) is 7. The minimum absolute atomic E-state index is 0.0882. The molecule has 0 spiro atoms. The number of carbonyl (C=O) groups excluding carboxylic acids is 1. The van der Waals surface area contributed by atoms with Crippen molar-refractivity contribution in [1.29, 1.82) is 0 Å². The number of hydrogen-bond donors (Lipinski definition) is 2. The van der Waals surface area contributed by atoms with Gasteiger partial charge in [-0.1, -0.05) is 24.8 Å². The molecule has 1 aliphatic heterocycles. The van der Waals surface area contributed by atoms with Gasteiger partial charge in [-0.15, -0.1) is 13.2 Å². The molecule has 36 heavy (non-hydrogen) atoms. The molecule has 8 nitrogen and oxygen atoms in total. The summed E-state index contributed by atoms with van der Waals surface area (Å²) in [7, 11) is 2.08. The quantitative estimate of drug-likeness (QED) is 0.459. The molecule has 1 aliphatic rings. The Balaban J connectivity index is 1.63. The highest BCUT2D eigenvalue weighted by molar-refractivity contribution is 5.99. The number of benzene rings is 2. The van der Waals surface area contributed by atoms with Gasteiger partial charge in [-0.25, -0.2) is 9.97 Å². The van der Waals surface area contributed by atoms with Crippen LogP contribution in [0, 0.1) is 0 Å². The first kappa shape index (κ1) is 25.0. The molecule has 0 bridgehead atoms. The standard InChI is InChI=1S/C25H25F3N6O2/c1-3-22(35)30-18-7-4-6-17(14-18)23-21(36-25(26,27)28)16-29-24(32-23)31-19-8-5-9-20(15-19)34-12-10-33(2)11-13-34/h3-9,14-16H,1,10-13H2,2H3,(H,30,35)(H,29,31,32). The van der Waals surface area contributed by atoms with Gasteiger partial charge in [0.2, 0.25) is 11.9 Å². The number of alkyl halides is 3. The van der Waals surface area contributed by atoms with Crippen molar-refractivity contribution in [3.63, 3.8) is 0 Å². The number of amides is 1. The lowest BCUT2D eigenvalue weighted by molar-refractivity contribution is -0.274. The van der Waals surface area contributed by atoms with Gasteiger partial charge in [-0.3, -0.25) is 4.79 Å². The summed E-state index contributed by atoms with van der Waals surface area (Å²) >= 11 is 0. The van der Waals surface area contributed by atoms with E-state index < -0.39 is 18.0 Å². The molecule has 4 rings (SSSR count). The molecule has 3 aromatic rings. The number of likely N-dealkylation sites (N-methyl/N-ethyl adjacent to an activating group) is 1. The van der Waals surface area contributed by atoms with E-state index in [1.54, 1.807) is 18.2 Å². The van der Waals surface area contributed by atoms with Gasteiger partial charge in [0.25, 0.3) is 0 Å². The fourth-order valence-corrected chi connectivity index (χ4v) is 3.75. The van der Waals surface area contributed by atoms with Crippen molar-refractivity contribution in [3.8, 4) is 17.0 Å². The first-order chi connectivity index (χ1) is 17.2. The number of rotatable bonds is 7. The molecule has 188 valence electrons. The molecule has 2 aromatic carbocycles. The van der Waals surface area contributed by atoms with Crippen molar-refractivity contribution in [1.82, 2.24) is 14.9 Å². The van der Waals surface area contributed by atoms with Crippen molar-refractivity contribution in [3.05, 3.63) is 67.4 Å². The fraction of sp³-hybridized carbons (Fsp3) is 0.240. The summed E-state index contributed by atoms with van der Waals surface area (Å²) < 4.78 is 43.3. The molecule has 0 atom stereocenters. The van der Waals surface area contributed by atoms with Gasteiger partial charge in [0, 0.05) is 48.8 Å². The van der Waals surface area contributed by atoms with Gasteiger partial charge < -0.3 is 25.2 Å². The number of piperazine rings is 1. The third kappa shape index (κ3) is 6.51. The highest BCUT2D eigenvalue weighted by Crippen LogP contribution is 2.34. The normalized spacial score (nSPS) is 14.3. The maximum Gasteiger partial charge on any atom is 0.573 e. The Labute approximate surface area is 206 Å². The molecular formula is C25H25F3N6O2. The first-order valence-electron chi connectivity index (χ1n) is 11.2. The van der Waals surface area contributed by atoms with Crippen molar-refractivity contribution >= 4 is 28.9 Å². The Morgan fingerprint density at radius 2 is 1.81 bits per heavy atom. The van der Waals surface area contributed by atoms with Crippen LogP contribution in [-0.4, -0.2) is 60.4 Å². The third-order valence-corrected chi connectivity index (χ3v) is 5.54. The summed E-state index contributed by atoms with van der Waals surface area (Å²) in [5.74, 6) is -0.925. The van der Waals surface area contributed by atoms with Crippen LogP contribution in [0.3, 0.4) is 0 Å². The monoisotopic (exact) mass is 498 g/mol. The van der Waals surface area contributed by atoms with Crippen molar-refractivity contribution in [2.75, 3.05) is 48.8 Å². The molecule has 2 heterocycles. The van der Waals surface area contributed by atoms with Gasteiger partial charge in [0.15, 0.2) is 5.75 Å². The van der Waals surface area contributed by atoms with Gasteiger partial charge in [0.05, 0.1) is 6.20 Å². The average molecular weight is 499 g/mol. The maximum atomic E-state index is 13.1. The average Bonchev–Trinajstić information content (AvgIpc) is 2.85. The van der Waals surface area contributed by atoms with Crippen LogP contribution in [-0.2, 0) is 4.79 Å². The smallest absolute Gasteiger partial charge is 0.402 e. The predicted octanol–water partition coefficient (Wildman–Crippen LogP) is 4.66.